The summed E-state index contributed by atoms with van der Waals surface area (Å²) in [4.78, 5) is 16.3. The van der Waals surface area contributed by atoms with E-state index in [1.165, 1.54) is 5.56 Å². The van der Waals surface area contributed by atoms with Crippen LogP contribution >= 0.6 is 0 Å². The molecule has 2 N–H and O–H groups in total. The van der Waals surface area contributed by atoms with E-state index in [1.807, 2.05) is 43.3 Å². The Balaban J connectivity index is 1.68. The van der Waals surface area contributed by atoms with E-state index in [4.69, 9.17) is 4.42 Å². The van der Waals surface area contributed by atoms with Gasteiger partial charge < -0.3 is 15.1 Å². The van der Waals surface area contributed by atoms with Crippen LogP contribution in [0.4, 0.5) is 11.4 Å². The van der Waals surface area contributed by atoms with Gasteiger partial charge in [0, 0.05) is 17.6 Å². The topological polar surface area (TPSA) is 67.2 Å². The van der Waals surface area contributed by atoms with Crippen LogP contribution in [0.15, 0.2) is 65.4 Å². The molecule has 5 nitrogen and oxygen atoms in total. The van der Waals surface area contributed by atoms with E-state index in [2.05, 4.69) is 15.6 Å². The second kappa shape index (κ2) is 6.79. The summed E-state index contributed by atoms with van der Waals surface area (Å²) in [5.41, 5.74) is 3.31. The van der Waals surface area contributed by atoms with Crippen LogP contribution in [0.25, 0.3) is 0 Å². The number of aromatic nitrogens is 1. The molecule has 0 aliphatic heterocycles. The van der Waals surface area contributed by atoms with E-state index in [-0.39, 0.29) is 5.91 Å². The van der Waals surface area contributed by atoms with E-state index in [1.54, 1.807) is 24.6 Å². The quantitative estimate of drug-likeness (QED) is 0.755. The van der Waals surface area contributed by atoms with Gasteiger partial charge in [-0.1, -0.05) is 12.1 Å². The Kier molecular flexibility index (Phi) is 4.38. The summed E-state index contributed by atoms with van der Waals surface area (Å²) in [5, 5.41) is 6.05. The zero-order valence-corrected chi connectivity index (χ0v) is 12.7. The van der Waals surface area contributed by atoms with Crippen molar-refractivity contribution in [2.75, 3.05) is 5.32 Å². The fourth-order valence-electron chi connectivity index (χ4n) is 2.19. The first-order valence-corrected chi connectivity index (χ1v) is 7.31. The summed E-state index contributed by atoms with van der Waals surface area (Å²) >= 11 is 0. The molecule has 0 saturated heterocycles. The van der Waals surface area contributed by atoms with Gasteiger partial charge in [0.2, 0.25) is 0 Å². The SMILES string of the molecule is Cc1cccc(Nc2ccnc(C(=O)NCc3ccco3)c2)c1. The second-order valence-electron chi connectivity index (χ2n) is 5.19. The first-order valence-electron chi connectivity index (χ1n) is 7.31. The van der Waals surface area contributed by atoms with Gasteiger partial charge in [0.1, 0.15) is 11.5 Å². The second-order valence-corrected chi connectivity index (χ2v) is 5.19. The Morgan fingerprint density at radius 3 is 2.78 bits per heavy atom. The van der Waals surface area contributed by atoms with Crippen LogP contribution in [-0.2, 0) is 6.54 Å². The van der Waals surface area contributed by atoms with Gasteiger partial charge >= 0.3 is 0 Å². The van der Waals surface area contributed by atoms with Gasteiger partial charge in [0.05, 0.1) is 12.8 Å². The van der Waals surface area contributed by atoms with Crippen molar-refractivity contribution in [3.63, 3.8) is 0 Å². The summed E-state index contributed by atoms with van der Waals surface area (Å²) in [7, 11) is 0. The number of hydrogen-bond acceptors (Lipinski definition) is 4. The summed E-state index contributed by atoms with van der Waals surface area (Å²) in [6.45, 7) is 2.37. The van der Waals surface area contributed by atoms with Crippen LogP contribution in [0.2, 0.25) is 0 Å². The lowest BCUT2D eigenvalue weighted by Gasteiger charge is -2.08. The number of pyridine rings is 1. The average molecular weight is 307 g/mol. The van der Waals surface area contributed by atoms with E-state index in [0.717, 1.165) is 11.4 Å². The van der Waals surface area contributed by atoms with Crippen molar-refractivity contribution in [1.82, 2.24) is 10.3 Å². The molecule has 0 bridgehead atoms. The zero-order valence-electron chi connectivity index (χ0n) is 12.7. The van der Waals surface area contributed by atoms with Crippen molar-refractivity contribution in [3.05, 3.63) is 78.0 Å². The lowest BCUT2D eigenvalue weighted by Crippen LogP contribution is -2.23. The molecule has 0 atom stereocenters. The number of benzene rings is 1. The predicted molar refractivity (Wildman–Crippen MR) is 88.6 cm³/mol. The van der Waals surface area contributed by atoms with Crippen molar-refractivity contribution in [2.24, 2.45) is 0 Å². The maximum absolute atomic E-state index is 12.2. The van der Waals surface area contributed by atoms with E-state index in [9.17, 15) is 4.79 Å². The molecular weight excluding hydrogens is 290 g/mol. The summed E-state index contributed by atoms with van der Waals surface area (Å²) < 4.78 is 5.19. The van der Waals surface area contributed by atoms with Crippen LogP contribution in [0.1, 0.15) is 21.8 Å². The molecule has 0 aliphatic rings. The molecule has 1 aromatic carbocycles. The molecule has 116 valence electrons. The lowest BCUT2D eigenvalue weighted by molar-refractivity contribution is 0.0943. The third-order valence-corrected chi connectivity index (χ3v) is 3.30. The van der Waals surface area contributed by atoms with E-state index < -0.39 is 0 Å². The summed E-state index contributed by atoms with van der Waals surface area (Å²) in [6.07, 6.45) is 3.19. The number of carbonyl (C=O) groups excluding carboxylic acids is 1. The predicted octanol–water partition coefficient (Wildman–Crippen LogP) is 3.66. The summed E-state index contributed by atoms with van der Waals surface area (Å²) in [5.74, 6) is 0.460. The molecule has 0 radical (unpaired) electrons. The van der Waals surface area contributed by atoms with Gasteiger partial charge in [-0.25, -0.2) is 0 Å². The van der Waals surface area contributed by atoms with E-state index in [0.29, 0.717) is 18.0 Å². The largest absolute Gasteiger partial charge is 0.467 e. The third-order valence-electron chi connectivity index (χ3n) is 3.30. The molecule has 3 rings (SSSR count). The first-order chi connectivity index (χ1) is 11.2. The molecule has 0 saturated carbocycles. The average Bonchev–Trinajstić information content (AvgIpc) is 3.06. The molecule has 2 aromatic heterocycles. The molecular formula is C18H17N3O2. The number of amides is 1. The smallest absolute Gasteiger partial charge is 0.270 e. The van der Waals surface area contributed by atoms with Crippen molar-refractivity contribution in [3.8, 4) is 0 Å². The number of furan rings is 1. The van der Waals surface area contributed by atoms with Gasteiger partial charge in [-0.2, -0.15) is 0 Å². The Bertz CT molecular complexity index is 798. The number of anilines is 2. The molecule has 5 heteroatoms. The molecule has 0 fully saturated rings. The van der Waals surface area contributed by atoms with Crippen LogP contribution in [-0.4, -0.2) is 10.9 Å². The van der Waals surface area contributed by atoms with Gasteiger partial charge in [-0.15, -0.1) is 0 Å². The van der Waals surface area contributed by atoms with Crippen LogP contribution in [0.5, 0.6) is 0 Å². The van der Waals surface area contributed by atoms with Gasteiger partial charge in [0.15, 0.2) is 0 Å². The van der Waals surface area contributed by atoms with Crippen molar-refractivity contribution in [2.45, 2.75) is 13.5 Å². The third kappa shape index (κ3) is 3.97. The van der Waals surface area contributed by atoms with Crippen molar-refractivity contribution >= 4 is 17.3 Å². The standard InChI is InChI=1S/C18H17N3O2/c1-13-4-2-5-14(10-13)21-15-7-8-19-17(11-15)18(22)20-12-16-6-3-9-23-16/h2-11H,12H2,1H3,(H,19,21)(H,20,22). The van der Waals surface area contributed by atoms with Gasteiger partial charge in [-0.05, 0) is 48.9 Å². The monoisotopic (exact) mass is 307 g/mol. The molecule has 3 aromatic rings. The Hall–Kier alpha value is -3.08. The molecule has 1 amide bonds. The number of nitrogens with one attached hydrogen (secondary N) is 2. The molecule has 23 heavy (non-hydrogen) atoms. The van der Waals surface area contributed by atoms with Crippen molar-refractivity contribution < 1.29 is 9.21 Å². The number of nitrogens with zero attached hydrogens (tertiary/aromatic N) is 1. The number of hydrogen-bond donors (Lipinski definition) is 2. The van der Waals surface area contributed by atoms with Crippen LogP contribution in [0, 0.1) is 6.92 Å². The van der Waals surface area contributed by atoms with Gasteiger partial charge in [0.25, 0.3) is 5.91 Å². The van der Waals surface area contributed by atoms with Crippen molar-refractivity contribution in [1.29, 1.82) is 0 Å². The molecule has 0 aliphatic carbocycles. The minimum Gasteiger partial charge on any atom is -0.467 e. The first kappa shape index (κ1) is 14.8. The molecule has 2 heterocycles. The highest BCUT2D eigenvalue weighted by Gasteiger charge is 2.08. The zero-order chi connectivity index (χ0) is 16.1. The fraction of sp³-hybridized carbons (Fsp3) is 0.111. The highest BCUT2D eigenvalue weighted by Crippen LogP contribution is 2.17. The fourth-order valence-corrected chi connectivity index (χ4v) is 2.19. The number of rotatable bonds is 5. The Morgan fingerprint density at radius 2 is 2.00 bits per heavy atom. The minimum atomic E-state index is -0.241. The normalized spacial score (nSPS) is 10.3. The molecule has 0 unspecified atom stereocenters. The number of aryl methyl sites for hydroxylation is 1. The van der Waals surface area contributed by atoms with Gasteiger partial charge in [-0.3, -0.25) is 9.78 Å². The summed E-state index contributed by atoms with van der Waals surface area (Å²) in [6, 6.07) is 15.2. The maximum Gasteiger partial charge on any atom is 0.270 e. The van der Waals surface area contributed by atoms with E-state index >= 15 is 0 Å². The Morgan fingerprint density at radius 1 is 1.13 bits per heavy atom. The lowest BCUT2D eigenvalue weighted by atomic mass is 10.2. The number of carbonyl (C=O) groups is 1. The molecule has 0 spiro atoms. The highest BCUT2D eigenvalue weighted by atomic mass is 16.3. The Labute approximate surface area is 134 Å². The van der Waals surface area contributed by atoms with Crippen LogP contribution < -0.4 is 10.6 Å². The minimum absolute atomic E-state index is 0.241. The maximum atomic E-state index is 12.2. The highest BCUT2D eigenvalue weighted by molar-refractivity contribution is 5.93. The van der Waals surface area contributed by atoms with Crippen LogP contribution in [0.3, 0.4) is 0 Å².